The molecular weight excluding hydrogens is 378 g/mol. The Morgan fingerprint density at radius 3 is 2.46 bits per heavy atom. The number of primary amides is 1. The van der Waals surface area contributed by atoms with Crippen LogP contribution >= 0.6 is 12.6 Å². The predicted molar refractivity (Wildman–Crippen MR) is 97.3 cm³/mol. The van der Waals surface area contributed by atoms with Gasteiger partial charge in [0.25, 0.3) is 15.9 Å². The molecule has 3 aromatic rings. The second-order valence-corrected chi connectivity index (χ2v) is 7.45. The summed E-state index contributed by atoms with van der Waals surface area (Å²) < 4.78 is 37.4. The Balaban J connectivity index is 2.04. The van der Waals surface area contributed by atoms with E-state index < -0.39 is 15.9 Å². The van der Waals surface area contributed by atoms with Gasteiger partial charge in [0.1, 0.15) is 11.5 Å². The predicted octanol–water partition coefficient (Wildman–Crippen LogP) is 1.43. The molecule has 0 atom stereocenters. The van der Waals surface area contributed by atoms with Crippen LogP contribution in [0, 0.1) is 0 Å². The van der Waals surface area contributed by atoms with Gasteiger partial charge in [0.15, 0.2) is 11.8 Å². The molecule has 136 valence electrons. The van der Waals surface area contributed by atoms with E-state index in [-0.39, 0.29) is 16.7 Å². The molecule has 0 saturated carbocycles. The van der Waals surface area contributed by atoms with Crippen molar-refractivity contribution in [3.8, 4) is 11.5 Å². The molecular formula is C16H15N3O5S2. The van der Waals surface area contributed by atoms with Gasteiger partial charge in [-0.25, -0.2) is 17.4 Å². The second-order valence-electron chi connectivity index (χ2n) is 5.26. The van der Waals surface area contributed by atoms with Gasteiger partial charge in [-0.2, -0.15) is 0 Å². The number of hydrogen-bond acceptors (Lipinski definition) is 7. The molecule has 26 heavy (non-hydrogen) atoms. The van der Waals surface area contributed by atoms with Crippen molar-refractivity contribution >= 4 is 39.6 Å². The van der Waals surface area contributed by atoms with E-state index in [2.05, 4.69) is 17.6 Å². The number of amides is 1. The molecule has 0 radical (unpaired) electrons. The summed E-state index contributed by atoms with van der Waals surface area (Å²) in [5.74, 6) is 0.198. The smallest absolute Gasteiger partial charge is 0.270 e. The van der Waals surface area contributed by atoms with Crippen molar-refractivity contribution in [2.24, 2.45) is 5.73 Å². The Labute approximate surface area is 155 Å². The van der Waals surface area contributed by atoms with Crippen molar-refractivity contribution in [3.05, 3.63) is 42.5 Å². The summed E-state index contributed by atoms with van der Waals surface area (Å²) in [6, 6.07) is 10.5. The molecule has 0 fully saturated rings. The number of thiol groups is 1. The molecule has 0 aliphatic heterocycles. The largest absolute Gasteiger partial charge is 0.497 e. The number of carbonyl (C=O) groups excluding carboxylic acids is 1. The Morgan fingerprint density at radius 2 is 1.85 bits per heavy atom. The number of methoxy groups -OCH3 is 1. The fourth-order valence-electron chi connectivity index (χ4n) is 2.35. The summed E-state index contributed by atoms with van der Waals surface area (Å²) in [5.41, 5.74) is 5.83. The Morgan fingerprint density at radius 1 is 1.19 bits per heavy atom. The van der Waals surface area contributed by atoms with Gasteiger partial charge in [-0.3, -0.25) is 4.79 Å². The lowest BCUT2D eigenvalue weighted by Crippen LogP contribution is -2.20. The van der Waals surface area contributed by atoms with E-state index in [0.717, 1.165) is 3.97 Å². The van der Waals surface area contributed by atoms with Gasteiger partial charge < -0.3 is 15.2 Å². The van der Waals surface area contributed by atoms with Gasteiger partial charge >= 0.3 is 0 Å². The Kier molecular flexibility index (Phi) is 4.79. The molecule has 0 aliphatic carbocycles. The highest BCUT2D eigenvalue weighted by molar-refractivity contribution is 7.90. The minimum absolute atomic E-state index is 0.0151. The zero-order valence-corrected chi connectivity index (χ0v) is 15.3. The van der Waals surface area contributed by atoms with Crippen LogP contribution in [0.25, 0.3) is 11.0 Å². The quantitative estimate of drug-likeness (QED) is 0.613. The summed E-state index contributed by atoms with van der Waals surface area (Å²) in [6.45, 7) is -0.293. The van der Waals surface area contributed by atoms with E-state index >= 15 is 0 Å². The lowest BCUT2D eigenvalue weighted by Gasteiger charge is -2.10. The molecule has 1 aromatic heterocycles. The molecule has 0 aliphatic rings. The molecule has 0 spiro atoms. The molecule has 3 rings (SSSR count). The standard InChI is InChI=1S/C16H15N3O5S2/c1-23-11-4-7-13-14(8-11)19(16(25)18-13)26(21,22)12-5-2-10(3-6-12)24-9-15(17)20/h2-8H,9H2,1H3,(H2,17,20)(H,18,25). The first-order chi connectivity index (χ1) is 12.3. The zero-order valence-electron chi connectivity index (χ0n) is 13.6. The minimum Gasteiger partial charge on any atom is -0.497 e. The van der Waals surface area contributed by atoms with Gasteiger partial charge in [-0.05, 0) is 36.4 Å². The first-order valence-corrected chi connectivity index (χ1v) is 9.24. The highest BCUT2D eigenvalue weighted by Crippen LogP contribution is 2.28. The van der Waals surface area contributed by atoms with E-state index in [1.165, 1.54) is 31.4 Å². The number of imidazole rings is 1. The van der Waals surface area contributed by atoms with Crippen molar-refractivity contribution in [1.29, 1.82) is 0 Å². The zero-order chi connectivity index (χ0) is 18.9. The summed E-state index contributed by atoms with van der Waals surface area (Å²) in [7, 11) is -2.46. The third kappa shape index (κ3) is 3.33. The van der Waals surface area contributed by atoms with Crippen molar-refractivity contribution in [3.63, 3.8) is 0 Å². The van der Waals surface area contributed by atoms with Crippen LogP contribution in [0.5, 0.6) is 11.5 Å². The number of fused-ring (bicyclic) bond motifs is 1. The number of hydrogen-bond donors (Lipinski definition) is 2. The molecule has 1 heterocycles. The van der Waals surface area contributed by atoms with Crippen LogP contribution in [0.1, 0.15) is 0 Å². The maximum atomic E-state index is 13.0. The van der Waals surface area contributed by atoms with Gasteiger partial charge in [0.2, 0.25) is 0 Å². The summed E-state index contributed by atoms with van der Waals surface area (Å²) >= 11 is 4.20. The number of aromatic nitrogens is 2. The van der Waals surface area contributed by atoms with E-state index in [4.69, 9.17) is 15.2 Å². The summed E-state index contributed by atoms with van der Waals surface area (Å²) in [5, 5.41) is 0.0299. The average molecular weight is 393 g/mol. The van der Waals surface area contributed by atoms with Crippen molar-refractivity contribution < 1.29 is 22.7 Å². The van der Waals surface area contributed by atoms with Gasteiger partial charge in [0, 0.05) is 6.07 Å². The molecule has 0 bridgehead atoms. The van der Waals surface area contributed by atoms with Crippen LogP contribution in [0.4, 0.5) is 0 Å². The van der Waals surface area contributed by atoms with Crippen LogP contribution in [-0.2, 0) is 14.8 Å². The SMILES string of the molecule is COc1ccc2nc(S)n(S(=O)(=O)c3ccc(OCC(N)=O)cc3)c2c1. The monoisotopic (exact) mass is 393 g/mol. The summed E-state index contributed by atoms with van der Waals surface area (Å²) in [4.78, 5) is 14.9. The van der Waals surface area contributed by atoms with Crippen LogP contribution < -0.4 is 15.2 Å². The molecule has 2 aromatic carbocycles. The fourth-order valence-corrected chi connectivity index (χ4v) is 4.24. The van der Waals surface area contributed by atoms with Crippen molar-refractivity contribution in [2.45, 2.75) is 10.1 Å². The number of ether oxygens (including phenoxy) is 2. The third-order valence-corrected chi connectivity index (χ3v) is 5.70. The molecule has 2 N–H and O–H groups in total. The van der Waals surface area contributed by atoms with Crippen molar-refractivity contribution in [1.82, 2.24) is 8.96 Å². The highest BCUT2D eigenvalue weighted by atomic mass is 32.2. The number of benzene rings is 2. The number of rotatable bonds is 6. The third-order valence-electron chi connectivity index (χ3n) is 3.55. The number of carbonyl (C=O) groups is 1. The van der Waals surface area contributed by atoms with E-state index in [1.807, 2.05) is 0 Å². The highest BCUT2D eigenvalue weighted by Gasteiger charge is 2.23. The first kappa shape index (κ1) is 18.1. The van der Waals surface area contributed by atoms with Gasteiger partial charge in [0.05, 0.1) is 23.0 Å². The average Bonchev–Trinajstić information content (AvgIpc) is 2.95. The van der Waals surface area contributed by atoms with E-state index in [0.29, 0.717) is 22.5 Å². The van der Waals surface area contributed by atoms with Crippen LogP contribution in [-0.4, -0.2) is 37.0 Å². The first-order valence-electron chi connectivity index (χ1n) is 7.35. The second kappa shape index (κ2) is 6.89. The molecule has 10 heteroatoms. The maximum absolute atomic E-state index is 13.0. The number of nitrogens with two attached hydrogens (primary N) is 1. The lowest BCUT2D eigenvalue weighted by molar-refractivity contribution is -0.119. The van der Waals surface area contributed by atoms with Gasteiger partial charge in [-0.15, -0.1) is 12.6 Å². The van der Waals surface area contributed by atoms with E-state index in [1.54, 1.807) is 18.2 Å². The van der Waals surface area contributed by atoms with E-state index in [9.17, 15) is 13.2 Å². The topological polar surface area (TPSA) is 114 Å². The van der Waals surface area contributed by atoms with Crippen LogP contribution in [0.3, 0.4) is 0 Å². The normalized spacial score (nSPS) is 11.5. The van der Waals surface area contributed by atoms with Crippen molar-refractivity contribution in [2.75, 3.05) is 13.7 Å². The van der Waals surface area contributed by atoms with Gasteiger partial charge in [-0.1, -0.05) is 0 Å². The maximum Gasteiger partial charge on any atom is 0.270 e. The molecule has 8 nitrogen and oxygen atoms in total. The molecule has 0 saturated heterocycles. The summed E-state index contributed by atoms with van der Waals surface area (Å²) in [6.07, 6.45) is 0. The minimum atomic E-state index is -3.95. The molecule has 0 unspecified atom stereocenters. The van der Waals surface area contributed by atoms with Crippen LogP contribution in [0.2, 0.25) is 0 Å². The molecule has 1 amide bonds. The Bertz CT molecular complexity index is 1080. The lowest BCUT2D eigenvalue weighted by atomic mass is 10.3. The van der Waals surface area contributed by atoms with Crippen LogP contribution in [0.15, 0.2) is 52.5 Å². The fraction of sp³-hybridized carbons (Fsp3) is 0.125. The Hall–Kier alpha value is -2.72. The number of nitrogens with zero attached hydrogens (tertiary/aromatic N) is 2.